The normalized spacial score (nSPS) is 15.5. The topological polar surface area (TPSA) is 58.7 Å². The summed E-state index contributed by atoms with van der Waals surface area (Å²) in [6.07, 6.45) is 1.08. The van der Waals surface area contributed by atoms with E-state index in [1.807, 2.05) is 31.2 Å². The fourth-order valence-electron chi connectivity index (χ4n) is 1.75. The Morgan fingerprint density at radius 1 is 1.50 bits per heavy atom. The standard InChI is InChI=1S/C12H15N3O/c1-9-3-2-4-11(7-9)15-12(16)8-10(14-15)5-6-13/h2-4,7H,5-6,8,13H2,1H3. The van der Waals surface area contributed by atoms with Crippen LogP contribution in [0.15, 0.2) is 29.4 Å². The van der Waals surface area contributed by atoms with Crippen molar-refractivity contribution < 1.29 is 4.79 Å². The van der Waals surface area contributed by atoms with E-state index in [1.165, 1.54) is 5.01 Å². The summed E-state index contributed by atoms with van der Waals surface area (Å²) >= 11 is 0. The third-order valence-electron chi connectivity index (χ3n) is 2.51. The van der Waals surface area contributed by atoms with E-state index in [9.17, 15) is 4.79 Å². The number of hydrogen-bond donors (Lipinski definition) is 1. The summed E-state index contributed by atoms with van der Waals surface area (Å²) in [5, 5.41) is 5.76. The highest BCUT2D eigenvalue weighted by Gasteiger charge is 2.24. The van der Waals surface area contributed by atoms with Crippen molar-refractivity contribution in [3.63, 3.8) is 0 Å². The minimum Gasteiger partial charge on any atom is -0.330 e. The van der Waals surface area contributed by atoms with Gasteiger partial charge in [0.05, 0.1) is 12.1 Å². The maximum atomic E-state index is 11.7. The fraction of sp³-hybridized carbons (Fsp3) is 0.333. The van der Waals surface area contributed by atoms with E-state index in [1.54, 1.807) is 0 Å². The zero-order chi connectivity index (χ0) is 11.5. The van der Waals surface area contributed by atoms with Gasteiger partial charge >= 0.3 is 0 Å². The lowest BCUT2D eigenvalue weighted by atomic mass is 10.2. The quantitative estimate of drug-likeness (QED) is 0.832. The van der Waals surface area contributed by atoms with E-state index >= 15 is 0 Å². The van der Waals surface area contributed by atoms with Gasteiger partial charge in [0.25, 0.3) is 5.91 Å². The number of nitrogens with two attached hydrogens (primary N) is 1. The second-order valence-corrected chi connectivity index (χ2v) is 3.93. The van der Waals surface area contributed by atoms with Gasteiger partial charge in [0.2, 0.25) is 0 Å². The molecule has 0 unspecified atom stereocenters. The summed E-state index contributed by atoms with van der Waals surface area (Å²) in [5.74, 6) is 0.0223. The Morgan fingerprint density at radius 2 is 2.31 bits per heavy atom. The molecule has 1 aromatic carbocycles. The number of hydrazone groups is 1. The Hall–Kier alpha value is -1.68. The van der Waals surface area contributed by atoms with Gasteiger partial charge in [0.1, 0.15) is 0 Å². The van der Waals surface area contributed by atoms with Crippen molar-refractivity contribution in [2.45, 2.75) is 19.8 Å². The van der Waals surface area contributed by atoms with Gasteiger partial charge in [-0.3, -0.25) is 4.79 Å². The second kappa shape index (κ2) is 4.45. The van der Waals surface area contributed by atoms with Crippen molar-refractivity contribution in [3.05, 3.63) is 29.8 Å². The van der Waals surface area contributed by atoms with Crippen LogP contribution in [0.5, 0.6) is 0 Å². The zero-order valence-electron chi connectivity index (χ0n) is 9.31. The van der Waals surface area contributed by atoms with Crippen LogP contribution < -0.4 is 10.7 Å². The molecule has 0 radical (unpaired) electrons. The number of carbonyl (C=O) groups is 1. The van der Waals surface area contributed by atoms with Gasteiger partial charge in [0.15, 0.2) is 0 Å². The third kappa shape index (κ3) is 2.12. The van der Waals surface area contributed by atoms with Gasteiger partial charge in [-0.2, -0.15) is 5.10 Å². The van der Waals surface area contributed by atoms with E-state index in [2.05, 4.69) is 5.10 Å². The molecule has 0 fully saturated rings. The molecule has 84 valence electrons. The highest BCUT2D eigenvalue weighted by atomic mass is 16.2. The van der Waals surface area contributed by atoms with Crippen LogP contribution in [0.4, 0.5) is 5.69 Å². The molecule has 4 heteroatoms. The molecule has 1 aromatic rings. The van der Waals surface area contributed by atoms with Crippen molar-refractivity contribution >= 4 is 17.3 Å². The predicted molar refractivity (Wildman–Crippen MR) is 64.4 cm³/mol. The van der Waals surface area contributed by atoms with Gasteiger partial charge in [-0.25, -0.2) is 5.01 Å². The molecule has 1 heterocycles. The van der Waals surface area contributed by atoms with Crippen molar-refractivity contribution in [3.8, 4) is 0 Å². The Morgan fingerprint density at radius 3 is 3.00 bits per heavy atom. The molecule has 0 aromatic heterocycles. The fourth-order valence-corrected chi connectivity index (χ4v) is 1.75. The lowest BCUT2D eigenvalue weighted by Gasteiger charge is -2.11. The smallest absolute Gasteiger partial charge is 0.253 e. The van der Waals surface area contributed by atoms with Gasteiger partial charge < -0.3 is 5.73 Å². The van der Waals surface area contributed by atoms with Gasteiger partial charge in [-0.15, -0.1) is 0 Å². The van der Waals surface area contributed by atoms with Crippen molar-refractivity contribution in [1.29, 1.82) is 0 Å². The van der Waals surface area contributed by atoms with E-state index in [-0.39, 0.29) is 5.91 Å². The van der Waals surface area contributed by atoms with Crippen molar-refractivity contribution in [2.75, 3.05) is 11.6 Å². The predicted octanol–water partition coefficient (Wildman–Crippen LogP) is 1.44. The Balaban J connectivity index is 2.24. The van der Waals surface area contributed by atoms with Crippen LogP contribution in [-0.2, 0) is 4.79 Å². The number of benzene rings is 1. The molecule has 1 aliphatic rings. The first-order chi connectivity index (χ1) is 7.70. The highest BCUT2D eigenvalue weighted by Crippen LogP contribution is 2.21. The zero-order valence-corrected chi connectivity index (χ0v) is 9.31. The first kappa shape index (κ1) is 10.8. The van der Waals surface area contributed by atoms with Gasteiger partial charge in [-0.1, -0.05) is 12.1 Å². The highest BCUT2D eigenvalue weighted by molar-refractivity contribution is 6.13. The second-order valence-electron chi connectivity index (χ2n) is 3.93. The molecule has 0 atom stereocenters. The number of aryl methyl sites for hydroxylation is 1. The molecule has 0 aliphatic carbocycles. The Labute approximate surface area is 94.7 Å². The number of carbonyl (C=O) groups excluding carboxylic acids is 1. The van der Waals surface area contributed by atoms with Crippen LogP contribution in [0.2, 0.25) is 0 Å². The lowest BCUT2D eigenvalue weighted by Crippen LogP contribution is -2.19. The molecule has 4 nitrogen and oxygen atoms in total. The van der Waals surface area contributed by atoms with Crippen molar-refractivity contribution in [1.82, 2.24) is 0 Å². The summed E-state index contributed by atoms with van der Waals surface area (Å²) in [6, 6.07) is 7.76. The lowest BCUT2D eigenvalue weighted by molar-refractivity contribution is -0.116. The molecule has 0 spiro atoms. The van der Waals surface area contributed by atoms with Crippen LogP contribution in [0.25, 0.3) is 0 Å². The van der Waals surface area contributed by atoms with Gasteiger partial charge in [-0.05, 0) is 31.2 Å². The van der Waals surface area contributed by atoms with Crippen molar-refractivity contribution in [2.24, 2.45) is 10.8 Å². The summed E-state index contributed by atoms with van der Waals surface area (Å²) in [7, 11) is 0. The number of anilines is 1. The summed E-state index contributed by atoms with van der Waals surface area (Å²) in [4.78, 5) is 11.7. The first-order valence-corrected chi connectivity index (χ1v) is 5.37. The number of hydrogen-bond acceptors (Lipinski definition) is 3. The van der Waals surface area contributed by atoms with Gasteiger partial charge in [0, 0.05) is 12.1 Å². The monoisotopic (exact) mass is 217 g/mol. The first-order valence-electron chi connectivity index (χ1n) is 5.37. The number of nitrogens with zero attached hydrogens (tertiary/aromatic N) is 2. The summed E-state index contributed by atoms with van der Waals surface area (Å²) in [5.41, 5.74) is 8.27. The molecular formula is C12H15N3O. The maximum absolute atomic E-state index is 11.7. The van der Waals surface area contributed by atoms with Crippen LogP contribution in [0.3, 0.4) is 0 Å². The molecule has 0 bridgehead atoms. The number of rotatable bonds is 3. The summed E-state index contributed by atoms with van der Waals surface area (Å²) < 4.78 is 0. The minimum atomic E-state index is 0.0223. The molecule has 0 saturated carbocycles. The average molecular weight is 217 g/mol. The summed E-state index contributed by atoms with van der Waals surface area (Å²) in [6.45, 7) is 2.53. The van der Waals surface area contributed by atoms with E-state index in [0.29, 0.717) is 19.4 Å². The molecule has 1 amide bonds. The SMILES string of the molecule is Cc1cccc(N2N=C(CCN)CC2=O)c1. The molecule has 1 aliphatic heterocycles. The van der Waals surface area contributed by atoms with Crippen LogP contribution in [-0.4, -0.2) is 18.2 Å². The molecule has 2 N–H and O–H groups in total. The Bertz CT molecular complexity index is 440. The maximum Gasteiger partial charge on any atom is 0.253 e. The average Bonchev–Trinajstić information content (AvgIpc) is 2.60. The van der Waals surface area contributed by atoms with Crippen LogP contribution >= 0.6 is 0 Å². The number of amides is 1. The van der Waals surface area contributed by atoms with E-state index < -0.39 is 0 Å². The molecule has 16 heavy (non-hydrogen) atoms. The van der Waals surface area contributed by atoms with E-state index in [4.69, 9.17) is 5.73 Å². The molecule has 0 saturated heterocycles. The van der Waals surface area contributed by atoms with E-state index in [0.717, 1.165) is 17.0 Å². The largest absolute Gasteiger partial charge is 0.330 e. The van der Waals surface area contributed by atoms with Crippen LogP contribution in [0.1, 0.15) is 18.4 Å². The van der Waals surface area contributed by atoms with Crippen LogP contribution in [0, 0.1) is 6.92 Å². The molecular weight excluding hydrogens is 202 g/mol. The third-order valence-corrected chi connectivity index (χ3v) is 2.51. The minimum absolute atomic E-state index is 0.0223. The molecule has 2 rings (SSSR count). The Kier molecular flexibility index (Phi) is 3.01.